The molecule has 0 fully saturated rings. The second kappa shape index (κ2) is 10.6. The van der Waals surface area contributed by atoms with Gasteiger partial charge in [0.1, 0.15) is 5.52 Å². The molecule has 5 rings (SSSR count). The SMILES string of the molecule is O=S(=O)(Nc1ccc(-c2nc3cc(NS(=O)(=O)c4cccc(C(F)(F)F)c4)ccc3o2)cc1)c1cccc(C(F)(F)F)c1. The number of halogens is 6. The lowest BCUT2D eigenvalue weighted by molar-refractivity contribution is -0.138. The van der Waals surface area contributed by atoms with E-state index in [-0.39, 0.29) is 28.4 Å². The highest BCUT2D eigenvalue weighted by Gasteiger charge is 2.32. The minimum absolute atomic E-state index is 0.00380. The number of benzene rings is 4. The van der Waals surface area contributed by atoms with E-state index in [4.69, 9.17) is 4.42 Å². The molecule has 0 radical (unpaired) electrons. The van der Waals surface area contributed by atoms with Crippen LogP contribution in [0.3, 0.4) is 0 Å². The number of anilines is 2. The fourth-order valence-corrected chi connectivity index (χ4v) is 6.10. The number of hydrogen-bond acceptors (Lipinski definition) is 6. The van der Waals surface area contributed by atoms with Crippen molar-refractivity contribution in [3.63, 3.8) is 0 Å². The van der Waals surface area contributed by atoms with E-state index in [1.54, 1.807) is 0 Å². The molecule has 0 unspecified atom stereocenters. The quantitative estimate of drug-likeness (QED) is 0.183. The van der Waals surface area contributed by atoms with Gasteiger partial charge in [0.25, 0.3) is 20.0 Å². The molecule has 0 aliphatic carbocycles. The van der Waals surface area contributed by atoms with Crippen LogP contribution >= 0.6 is 0 Å². The molecule has 0 saturated heterocycles. The lowest BCUT2D eigenvalue weighted by atomic mass is 10.2. The molecule has 2 N–H and O–H groups in total. The highest BCUT2D eigenvalue weighted by atomic mass is 32.2. The van der Waals surface area contributed by atoms with Crippen molar-refractivity contribution < 1.29 is 47.6 Å². The zero-order valence-electron chi connectivity index (χ0n) is 21.2. The fourth-order valence-electron chi connectivity index (χ4n) is 3.90. The van der Waals surface area contributed by atoms with Gasteiger partial charge in [-0.3, -0.25) is 9.44 Å². The third-order valence-corrected chi connectivity index (χ3v) is 8.73. The molecular formula is C27H17F6N3O5S2. The molecule has 43 heavy (non-hydrogen) atoms. The number of alkyl halides is 6. The summed E-state index contributed by atoms with van der Waals surface area (Å²) < 4.78 is 139. The second-order valence-electron chi connectivity index (χ2n) is 9.04. The molecule has 1 aromatic heterocycles. The van der Waals surface area contributed by atoms with Crippen molar-refractivity contribution in [3.05, 3.63) is 102 Å². The van der Waals surface area contributed by atoms with Gasteiger partial charge in [-0.05, 0) is 78.9 Å². The van der Waals surface area contributed by atoms with E-state index in [0.29, 0.717) is 17.7 Å². The van der Waals surface area contributed by atoms with E-state index in [1.807, 2.05) is 0 Å². The molecule has 8 nitrogen and oxygen atoms in total. The topological polar surface area (TPSA) is 118 Å². The number of oxazole rings is 1. The van der Waals surface area contributed by atoms with Gasteiger partial charge >= 0.3 is 12.4 Å². The number of rotatable bonds is 7. The van der Waals surface area contributed by atoms with E-state index in [2.05, 4.69) is 14.4 Å². The van der Waals surface area contributed by atoms with Crippen molar-refractivity contribution in [2.24, 2.45) is 0 Å². The molecule has 16 heteroatoms. The average molecular weight is 642 g/mol. The van der Waals surface area contributed by atoms with Crippen molar-refractivity contribution in [3.8, 4) is 11.5 Å². The van der Waals surface area contributed by atoms with Crippen LogP contribution in [0.5, 0.6) is 0 Å². The number of hydrogen-bond donors (Lipinski definition) is 2. The third-order valence-electron chi connectivity index (χ3n) is 5.97. The first-order chi connectivity index (χ1) is 20.0. The summed E-state index contributed by atoms with van der Waals surface area (Å²) in [6.07, 6.45) is -9.45. The maximum Gasteiger partial charge on any atom is 0.416 e. The second-order valence-corrected chi connectivity index (χ2v) is 12.4. The van der Waals surface area contributed by atoms with Crippen LogP contribution in [0.2, 0.25) is 0 Å². The Morgan fingerprint density at radius 2 is 1.09 bits per heavy atom. The Bertz CT molecular complexity index is 2040. The Kier molecular flexibility index (Phi) is 7.38. The van der Waals surface area contributed by atoms with Crippen LogP contribution in [0.4, 0.5) is 37.7 Å². The van der Waals surface area contributed by atoms with Gasteiger partial charge in [-0.1, -0.05) is 12.1 Å². The summed E-state index contributed by atoms with van der Waals surface area (Å²) in [4.78, 5) is 3.11. The summed E-state index contributed by atoms with van der Waals surface area (Å²) in [5.41, 5.74) is -1.37. The molecule has 4 aromatic carbocycles. The van der Waals surface area contributed by atoms with Crippen LogP contribution in [-0.4, -0.2) is 21.8 Å². The van der Waals surface area contributed by atoms with Crippen molar-refractivity contribution in [1.82, 2.24) is 4.98 Å². The Balaban J connectivity index is 1.34. The summed E-state index contributed by atoms with van der Waals surface area (Å²) in [5, 5.41) is 0. The Labute approximate surface area is 240 Å². The number of fused-ring (bicyclic) bond motifs is 1. The van der Waals surface area contributed by atoms with Gasteiger partial charge in [0.05, 0.1) is 26.6 Å². The highest BCUT2D eigenvalue weighted by Crippen LogP contribution is 2.33. The number of aromatic nitrogens is 1. The minimum Gasteiger partial charge on any atom is -0.436 e. The molecule has 0 amide bonds. The van der Waals surface area contributed by atoms with Crippen LogP contribution in [-0.2, 0) is 32.4 Å². The lowest BCUT2D eigenvalue weighted by Gasteiger charge is -2.11. The molecule has 224 valence electrons. The van der Waals surface area contributed by atoms with E-state index in [9.17, 15) is 43.2 Å². The number of sulfonamides is 2. The van der Waals surface area contributed by atoms with Gasteiger partial charge in [-0.25, -0.2) is 21.8 Å². The zero-order valence-corrected chi connectivity index (χ0v) is 22.9. The normalized spacial score (nSPS) is 12.8. The maximum atomic E-state index is 13.0. The summed E-state index contributed by atoms with van der Waals surface area (Å²) in [5.74, 6) is 0.0696. The van der Waals surface area contributed by atoms with Gasteiger partial charge in [-0.2, -0.15) is 26.3 Å². The lowest BCUT2D eigenvalue weighted by Crippen LogP contribution is -2.14. The van der Waals surface area contributed by atoms with Crippen LogP contribution in [0, 0.1) is 0 Å². The fraction of sp³-hybridized carbons (Fsp3) is 0.0741. The molecule has 0 aliphatic heterocycles. The first kappa shape index (κ1) is 29.9. The molecule has 0 aliphatic rings. The highest BCUT2D eigenvalue weighted by molar-refractivity contribution is 7.93. The monoisotopic (exact) mass is 641 g/mol. The van der Waals surface area contributed by atoms with Crippen LogP contribution in [0.1, 0.15) is 11.1 Å². The van der Waals surface area contributed by atoms with E-state index >= 15 is 0 Å². The van der Waals surface area contributed by atoms with Gasteiger partial charge in [0, 0.05) is 11.3 Å². The summed E-state index contributed by atoms with van der Waals surface area (Å²) in [6, 6.07) is 16.1. The summed E-state index contributed by atoms with van der Waals surface area (Å²) in [7, 11) is -8.72. The number of nitrogens with zero attached hydrogens (tertiary/aromatic N) is 1. The zero-order chi connectivity index (χ0) is 31.2. The largest absolute Gasteiger partial charge is 0.436 e. The molecule has 0 atom stereocenters. The smallest absolute Gasteiger partial charge is 0.416 e. The van der Waals surface area contributed by atoms with Gasteiger partial charge in [0.2, 0.25) is 5.89 Å². The van der Waals surface area contributed by atoms with Crippen LogP contribution in [0.25, 0.3) is 22.6 Å². The molecule has 0 spiro atoms. The molecule has 1 heterocycles. The molecule has 0 bridgehead atoms. The van der Waals surface area contributed by atoms with Crippen molar-refractivity contribution in [2.75, 3.05) is 9.44 Å². The van der Waals surface area contributed by atoms with Gasteiger partial charge in [-0.15, -0.1) is 0 Å². The van der Waals surface area contributed by atoms with E-state index in [1.165, 1.54) is 42.5 Å². The summed E-state index contributed by atoms with van der Waals surface area (Å²) >= 11 is 0. The van der Waals surface area contributed by atoms with Gasteiger partial charge in [0.15, 0.2) is 5.58 Å². The first-order valence-electron chi connectivity index (χ1n) is 11.9. The van der Waals surface area contributed by atoms with Crippen molar-refractivity contribution >= 4 is 42.5 Å². The first-order valence-corrected chi connectivity index (χ1v) is 14.9. The predicted octanol–water partition coefficient (Wildman–Crippen LogP) is 7.13. The van der Waals surface area contributed by atoms with E-state index in [0.717, 1.165) is 36.4 Å². The minimum atomic E-state index is -4.73. The predicted molar refractivity (Wildman–Crippen MR) is 144 cm³/mol. The Morgan fingerprint density at radius 1 is 0.605 bits per heavy atom. The average Bonchev–Trinajstić information content (AvgIpc) is 3.36. The molecule has 5 aromatic rings. The third kappa shape index (κ3) is 6.59. The summed E-state index contributed by atoms with van der Waals surface area (Å²) in [6.45, 7) is 0. The van der Waals surface area contributed by atoms with E-state index < -0.39 is 53.3 Å². The van der Waals surface area contributed by atoms with Crippen LogP contribution in [0.15, 0.2) is 105 Å². The van der Waals surface area contributed by atoms with Crippen molar-refractivity contribution in [1.29, 1.82) is 0 Å². The van der Waals surface area contributed by atoms with Gasteiger partial charge < -0.3 is 4.42 Å². The number of nitrogens with one attached hydrogen (secondary N) is 2. The standard InChI is InChI=1S/C27H17F6N3O5S2/c28-26(29,30)17-3-1-5-21(13-17)42(37,38)35-19-9-7-16(8-10-19)25-34-23-15-20(11-12-24(23)41-25)36-43(39,40)22-6-2-4-18(14-22)27(31,32)33/h1-15,35-36H. The van der Waals surface area contributed by atoms with Crippen molar-refractivity contribution in [2.45, 2.75) is 22.1 Å². The molecular weight excluding hydrogens is 624 g/mol. The Hall–Kier alpha value is -4.57. The molecule has 0 saturated carbocycles. The Morgan fingerprint density at radius 3 is 1.60 bits per heavy atom. The maximum absolute atomic E-state index is 13.0. The van der Waals surface area contributed by atoms with Crippen LogP contribution < -0.4 is 9.44 Å².